The minimum Gasteiger partial charge on any atom is -0.373 e. The van der Waals surface area contributed by atoms with Gasteiger partial charge in [-0.25, -0.2) is 4.98 Å². The van der Waals surface area contributed by atoms with E-state index < -0.39 is 0 Å². The molecule has 0 spiro atoms. The molecule has 25 heavy (non-hydrogen) atoms. The minimum absolute atomic E-state index is 0.152. The largest absolute Gasteiger partial charge is 0.373 e. The van der Waals surface area contributed by atoms with Gasteiger partial charge in [-0.1, -0.05) is 11.6 Å². The lowest BCUT2D eigenvalue weighted by molar-refractivity contribution is -0.133. The minimum atomic E-state index is -0.152. The van der Waals surface area contributed by atoms with Gasteiger partial charge in [0.2, 0.25) is 5.91 Å². The van der Waals surface area contributed by atoms with Gasteiger partial charge < -0.3 is 14.8 Å². The average Bonchev–Trinajstić information content (AvgIpc) is 3.21. The summed E-state index contributed by atoms with van der Waals surface area (Å²) in [6.07, 6.45) is 6.72. The number of fused-ring (bicyclic) bond motifs is 1. The summed E-state index contributed by atoms with van der Waals surface area (Å²) in [6.45, 7) is 4.72. The summed E-state index contributed by atoms with van der Waals surface area (Å²) in [7, 11) is 0. The molecule has 0 unspecified atom stereocenters. The number of nitrogens with one attached hydrogen (secondary N) is 1. The molecular formula is C19H23ClN4O. The number of aryl methyl sites for hydroxylation is 1. The van der Waals surface area contributed by atoms with Crippen LogP contribution >= 0.6 is 11.6 Å². The third kappa shape index (κ3) is 3.38. The molecule has 0 aliphatic carbocycles. The molecule has 2 aliphatic heterocycles. The molecule has 1 N–H and O–H groups in total. The normalized spacial score (nSPS) is 20.4. The van der Waals surface area contributed by atoms with Crippen molar-refractivity contribution in [1.29, 1.82) is 0 Å². The number of amides is 1. The van der Waals surface area contributed by atoms with Gasteiger partial charge in [0.1, 0.15) is 11.9 Å². The first kappa shape index (κ1) is 16.5. The summed E-state index contributed by atoms with van der Waals surface area (Å²) in [6, 6.07) is 5.63. The second kappa shape index (κ2) is 6.71. The Kier molecular flexibility index (Phi) is 4.42. The number of nitrogens with zero attached hydrogens (tertiary/aromatic N) is 3. The van der Waals surface area contributed by atoms with Crippen molar-refractivity contribution in [3.8, 4) is 0 Å². The van der Waals surface area contributed by atoms with E-state index >= 15 is 0 Å². The molecule has 3 heterocycles. The van der Waals surface area contributed by atoms with E-state index in [1.54, 1.807) is 0 Å². The molecule has 1 amide bonds. The first-order chi connectivity index (χ1) is 12.1. The predicted octanol–water partition coefficient (Wildman–Crippen LogP) is 3.12. The van der Waals surface area contributed by atoms with Gasteiger partial charge >= 0.3 is 0 Å². The van der Waals surface area contributed by atoms with E-state index in [0.717, 1.165) is 61.0 Å². The predicted molar refractivity (Wildman–Crippen MR) is 98.8 cm³/mol. The number of carbonyl (C=O) groups is 1. The maximum atomic E-state index is 12.8. The lowest BCUT2D eigenvalue weighted by Crippen LogP contribution is -2.46. The Bertz CT molecular complexity index is 779. The van der Waals surface area contributed by atoms with Crippen molar-refractivity contribution in [1.82, 2.24) is 14.5 Å². The average molecular weight is 359 g/mol. The zero-order valence-electron chi connectivity index (χ0n) is 14.4. The van der Waals surface area contributed by atoms with Crippen LogP contribution in [-0.2, 0) is 17.8 Å². The number of hydrogen-bond donors (Lipinski definition) is 1. The van der Waals surface area contributed by atoms with E-state index in [9.17, 15) is 4.79 Å². The molecule has 1 atom stereocenters. The monoisotopic (exact) mass is 358 g/mol. The van der Waals surface area contributed by atoms with Gasteiger partial charge in [0, 0.05) is 49.2 Å². The number of rotatable bonds is 3. The fourth-order valence-electron chi connectivity index (χ4n) is 3.91. The third-order valence-electron chi connectivity index (χ3n) is 5.42. The first-order valence-corrected chi connectivity index (χ1v) is 9.29. The number of likely N-dealkylation sites (tertiary alicyclic amines) is 1. The summed E-state index contributed by atoms with van der Waals surface area (Å²) < 4.78 is 2.21. The quantitative estimate of drug-likeness (QED) is 0.917. The number of benzene rings is 1. The smallest absolute Gasteiger partial charge is 0.245 e. The van der Waals surface area contributed by atoms with Crippen LogP contribution in [0.3, 0.4) is 0 Å². The molecule has 1 aromatic carbocycles. The van der Waals surface area contributed by atoms with Crippen molar-refractivity contribution in [2.24, 2.45) is 5.92 Å². The van der Waals surface area contributed by atoms with E-state index in [1.165, 1.54) is 0 Å². The Morgan fingerprint density at radius 3 is 2.88 bits per heavy atom. The Hall–Kier alpha value is -2.01. The highest BCUT2D eigenvalue weighted by Gasteiger charge is 2.32. The zero-order chi connectivity index (χ0) is 17.4. The Labute approximate surface area is 153 Å². The number of carbonyl (C=O) groups excluding carboxylic acids is 1. The van der Waals surface area contributed by atoms with Crippen molar-refractivity contribution in [2.75, 3.05) is 18.4 Å². The van der Waals surface area contributed by atoms with Crippen LogP contribution in [0.15, 0.2) is 30.6 Å². The molecule has 5 nitrogen and oxygen atoms in total. The van der Waals surface area contributed by atoms with E-state index in [2.05, 4.69) is 14.9 Å². The number of anilines is 1. The van der Waals surface area contributed by atoms with Crippen molar-refractivity contribution in [3.05, 3.63) is 47.0 Å². The molecule has 2 aliphatic rings. The van der Waals surface area contributed by atoms with Crippen LogP contribution in [0.1, 0.15) is 24.2 Å². The van der Waals surface area contributed by atoms with E-state index in [1.807, 2.05) is 42.4 Å². The lowest BCUT2D eigenvalue weighted by atomic mass is 9.96. The van der Waals surface area contributed by atoms with Gasteiger partial charge in [0.05, 0.1) is 0 Å². The molecule has 1 fully saturated rings. The fourth-order valence-corrected chi connectivity index (χ4v) is 4.11. The molecule has 2 aromatic rings. The lowest BCUT2D eigenvalue weighted by Gasteiger charge is -2.34. The number of hydrogen-bond acceptors (Lipinski definition) is 3. The van der Waals surface area contributed by atoms with Crippen LogP contribution in [0, 0.1) is 12.8 Å². The summed E-state index contributed by atoms with van der Waals surface area (Å²) >= 11 is 6.06. The summed E-state index contributed by atoms with van der Waals surface area (Å²) in [4.78, 5) is 19.1. The number of halogens is 1. The highest BCUT2D eigenvalue weighted by molar-refractivity contribution is 6.30. The molecule has 0 saturated carbocycles. The second-order valence-corrected chi connectivity index (χ2v) is 7.53. The fraction of sp³-hybridized carbons (Fsp3) is 0.474. The zero-order valence-corrected chi connectivity index (χ0v) is 15.2. The van der Waals surface area contributed by atoms with Crippen molar-refractivity contribution >= 4 is 23.2 Å². The van der Waals surface area contributed by atoms with Gasteiger partial charge in [0.15, 0.2) is 0 Å². The molecule has 4 rings (SSSR count). The number of aromatic nitrogens is 2. The van der Waals surface area contributed by atoms with Gasteiger partial charge in [0.25, 0.3) is 0 Å². The van der Waals surface area contributed by atoms with Crippen molar-refractivity contribution < 1.29 is 4.79 Å². The number of piperidine rings is 1. The van der Waals surface area contributed by atoms with E-state index in [0.29, 0.717) is 5.92 Å². The van der Waals surface area contributed by atoms with Gasteiger partial charge in [-0.3, -0.25) is 4.79 Å². The Morgan fingerprint density at radius 2 is 2.16 bits per heavy atom. The first-order valence-electron chi connectivity index (χ1n) is 8.91. The Balaban J connectivity index is 1.32. The van der Waals surface area contributed by atoms with Crippen molar-refractivity contribution in [2.45, 2.75) is 38.8 Å². The summed E-state index contributed by atoms with van der Waals surface area (Å²) in [5, 5.41) is 4.08. The molecule has 1 saturated heterocycles. The third-order valence-corrected chi connectivity index (χ3v) is 5.66. The molecule has 0 radical (unpaired) electrons. The Morgan fingerprint density at radius 1 is 1.36 bits per heavy atom. The molecule has 6 heteroatoms. The molecule has 132 valence electrons. The van der Waals surface area contributed by atoms with E-state index in [-0.39, 0.29) is 11.9 Å². The van der Waals surface area contributed by atoms with Crippen LogP contribution < -0.4 is 5.32 Å². The van der Waals surface area contributed by atoms with Crippen LogP contribution in [0.25, 0.3) is 0 Å². The van der Waals surface area contributed by atoms with E-state index in [4.69, 9.17) is 11.6 Å². The SMILES string of the molecule is Cc1nccn1CC1CCN(C(=O)[C@H]2Cc3cc(Cl)ccc3N2)CC1. The van der Waals surface area contributed by atoms with Gasteiger partial charge in [-0.05, 0) is 49.4 Å². The van der Waals surface area contributed by atoms with Crippen molar-refractivity contribution in [3.63, 3.8) is 0 Å². The summed E-state index contributed by atoms with van der Waals surface area (Å²) in [5.74, 6) is 1.89. The van der Waals surface area contributed by atoms with Gasteiger partial charge in [-0.15, -0.1) is 0 Å². The maximum absolute atomic E-state index is 12.8. The van der Waals surface area contributed by atoms with Gasteiger partial charge in [-0.2, -0.15) is 0 Å². The van der Waals surface area contributed by atoms with Crippen LogP contribution in [0.5, 0.6) is 0 Å². The molecular weight excluding hydrogens is 336 g/mol. The number of imidazole rings is 1. The van der Waals surface area contributed by atoms with Crippen LogP contribution in [0.2, 0.25) is 5.02 Å². The maximum Gasteiger partial charge on any atom is 0.245 e. The highest BCUT2D eigenvalue weighted by Crippen LogP contribution is 2.30. The summed E-state index contributed by atoms with van der Waals surface area (Å²) in [5.41, 5.74) is 2.17. The topological polar surface area (TPSA) is 50.2 Å². The van der Waals surface area contributed by atoms with Crippen LogP contribution in [0.4, 0.5) is 5.69 Å². The standard InChI is InChI=1S/C19H23ClN4O/c1-13-21-6-9-24(13)12-14-4-7-23(8-5-14)19(25)18-11-15-10-16(20)2-3-17(15)22-18/h2-3,6,9-10,14,18,22H,4-5,7-8,11-12H2,1H3/t18-/m1/s1. The molecule has 0 bridgehead atoms. The van der Waals surface area contributed by atoms with Crippen LogP contribution in [-0.4, -0.2) is 39.5 Å². The highest BCUT2D eigenvalue weighted by atomic mass is 35.5. The molecule has 1 aromatic heterocycles. The second-order valence-electron chi connectivity index (χ2n) is 7.10.